The Labute approximate surface area is 147 Å². The first-order valence-corrected chi connectivity index (χ1v) is 8.56. The van der Waals surface area contributed by atoms with Crippen LogP contribution in [0.1, 0.15) is 24.0 Å². The minimum atomic E-state index is -0.493. The first kappa shape index (κ1) is 17.4. The number of likely N-dealkylation sites (tertiary alicyclic amines) is 1. The van der Waals surface area contributed by atoms with Crippen LogP contribution in [-0.4, -0.2) is 28.9 Å². The van der Waals surface area contributed by atoms with E-state index in [2.05, 4.69) is 27.3 Å². The van der Waals surface area contributed by atoms with E-state index in [1.54, 1.807) is 12.1 Å². The van der Waals surface area contributed by atoms with Crippen molar-refractivity contribution in [3.63, 3.8) is 0 Å². The summed E-state index contributed by atoms with van der Waals surface area (Å²) < 4.78 is 13.1. The molecule has 3 rings (SSSR count). The molecule has 132 valence electrons. The molecule has 1 aromatic heterocycles. The summed E-state index contributed by atoms with van der Waals surface area (Å²) in [7, 11) is 0. The molecule has 2 heterocycles. The maximum absolute atomic E-state index is 13.1. The van der Waals surface area contributed by atoms with E-state index < -0.39 is 5.95 Å². The minimum Gasteiger partial charge on any atom is -0.369 e. The molecule has 1 atom stereocenters. The average molecular weight is 342 g/mol. The first-order valence-electron chi connectivity index (χ1n) is 8.56. The summed E-state index contributed by atoms with van der Waals surface area (Å²) in [5.41, 5.74) is 7.74. The van der Waals surface area contributed by atoms with Crippen LogP contribution >= 0.6 is 0 Å². The van der Waals surface area contributed by atoms with Gasteiger partial charge in [-0.05, 0) is 42.6 Å². The van der Waals surface area contributed by atoms with Crippen LogP contribution in [0, 0.1) is 11.9 Å². The van der Waals surface area contributed by atoms with Gasteiger partial charge in [0, 0.05) is 19.6 Å². The molecule has 0 bridgehead atoms. The summed E-state index contributed by atoms with van der Waals surface area (Å²) in [6.07, 6.45) is 1.89. The number of halogens is 1. The van der Waals surface area contributed by atoms with Crippen LogP contribution in [-0.2, 0) is 17.9 Å². The predicted molar refractivity (Wildman–Crippen MR) is 95.2 cm³/mol. The van der Waals surface area contributed by atoms with Crippen molar-refractivity contribution in [3.8, 4) is 0 Å². The SMILES string of the molecule is NC(=O)[C@H]1CCCN(Cc2cccc(CNc3cccc(F)n3)c2)C1. The van der Waals surface area contributed by atoms with Crippen molar-refractivity contribution in [1.82, 2.24) is 9.88 Å². The number of hydrogen-bond donors (Lipinski definition) is 2. The fourth-order valence-electron chi connectivity index (χ4n) is 3.23. The molecule has 1 aromatic carbocycles. The van der Waals surface area contributed by atoms with E-state index in [0.29, 0.717) is 12.4 Å². The number of nitrogens with one attached hydrogen (secondary N) is 1. The number of pyridine rings is 1. The molecule has 1 fully saturated rings. The topological polar surface area (TPSA) is 71.2 Å². The zero-order chi connectivity index (χ0) is 17.6. The normalized spacial score (nSPS) is 18.0. The summed E-state index contributed by atoms with van der Waals surface area (Å²) in [5.74, 6) is -0.221. The highest BCUT2D eigenvalue weighted by molar-refractivity contribution is 5.76. The van der Waals surface area contributed by atoms with Crippen LogP contribution in [0.5, 0.6) is 0 Å². The van der Waals surface area contributed by atoms with Crippen molar-refractivity contribution in [1.29, 1.82) is 0 Å². The Balaban J connectivity index is 1.58. The summed E-state index contributed by atoms with van der Waals surface area (Å²) in [6.45, 7) is 3.09. The lowest BCUT2D eigenvalue weighted by Gasteiger charge is -2.31. The highest BCUT2D eigenvalue weighted by atomic mass is 19.1. The van der Waals surface area contributed by atoms with Gasteiger partial charge >= 0.3 is 0 Å². The number of anilines is 1. The van der Waals surface area contributed by atoms with Gasteiger partial charge < -0.3 is 11.1 Å². The van der Waals surface area contributed by atoms with E-state index in [4.69, 9.17) is 5.73 Å². The van der Waals surface area contributed by atoms with E-state index in [1.807, 2.05) is 12.1 Å². The molecule has 1 aliphatic rings. The van der Waals surface area contributed by atoms with Gasteiger partial charge in [0.05, 0.1) is 5.92 Å². The number of hydrogen-bond acceptors (Lipinski definition) is 4. The van der Waals surface area contributed by atoms with Crippen LogP contribution in [0.3, 0.4) is 0 Å². The smallest absolute Gasteiger partial charge is 0.221 e. The van der Waals surface area contributed by atoms with Crippen molar-refractivity contribution in [3.05, 3.63) is 59.5 Å². The lowest BCUT2D eigenvalue weighted by atomic mass is 9.97. The fourth-order valence-corrected chi connectivity index (χ4v) is 3.23. The zero-order valence-corrected chi connectivity index (χ0v) is 14.1. The lowest BCUT2D eigenvalue weighted by Crippen LogP contribution is -2.40. The molecule has 25 heavy (non-hydrogen) atoms. The molecule has 0 aliphatic carbocycles. The molecular weight excluding hydrogens is 319 g/mol. The van der Waals surface area contributed by atoms with Crippen molar-refractivity contribution >= 4 is 11.7 Å². The molecule has 0 unspecified atom stereocenters. The number of benzene rings is 1. The molecule has 2 aromatic rings. The molecule has 0 radical (unpaired) electrons. The van der Waals surface area contributed by atoms with Gasteiger partial charge in [0.1, 0.15) is 5.82 Å². The molecule has 6 heteroatoms. The van der Waals surface area contributed by atoms with Crippen LogP contribution in [0.15, 0.2) is 42.5 Å². The van der Waals surface area contributed by atoms with Crippen molar-refractivity contribution in [2.45, 2.75) is 25.9 Å². The molecular formula is C19H23FN4O. The number of aromatic nitrogens is 1. The van der Waals surface area contributed by atoms with Gasteiger partial charge in [0.25, 0.3) is 0 Å². The van der Waals surface area contributed by atoms with Crippen molar-refractivity contribution in [2.24, 2.45) is 11.7 Å². The van der Waals surface area contributed by atoms with Gasteiger partial charge in [-0.1, -0.05) is 30.3 Å². The lowest BCUT2D eigenvalue weighted by molar-refractivity contribution is -0.123. The Morgan fingerprint density at radius 3 is 2.88 bits per heavy atom. The number of carbonyl (C=O) groups excluding carboxylic acids is 1. The summed E-state index contributed by atoms with van der Waals surface area (Å²) >= 11 is 0. The minimum absolute atomic E-state index is 0.0438. The van der Waals surface area contributed by atoms with Gasteiger partial charge in [-0.15, -0.1) is 0 Å². The Bertz CT molecular complexity index is 737. The Morgan fingerprint density at radius 1 is 1.28 bits per heavy atom. The number of nitrogens with zero attached hydrogens (tertiary/aromatic N) is 2. The first-order chi connectivity index (χ1) is 12.1. The van der Waals surface area contributed by atoms with Crippen molar-refractivity contribution < 1.29 is 9.18 Å². The number of amides is 1. The predicted octanol–water partition coefficient (Wildman–Crippen LogP) is 2.53. The highest BCUT2D eigenvalue weighted by Crippen LogP contribution is 2.19. The second-order valence-corrected chi connectivity index (χ2v) is 6.50. The fraction of sp³-hybridized carbons (Fsp3) is 0.368. The van der Waals surface area contributed by atoms with Gasteiger partial charge in [0.15, 0.2) is 0 Å². The third-order valence-corrected chi connectivity index (χ3v) is 4.49. The van der Waals surface area contributed by atoms with Crippen LogP contribution < -0.4 is 11.1 Å². The van der Waals surface area contributed by atoms with E-state index in [1.165, 1.54) is 11.6 Å². The van der Waals surface area contributed by atoms with E-state index in [9.17, 15) is 9.18 Å². The second-order valence-electron chi connectivity index (χ2n) is 6.50. The molecule has 1 amide bonds. The van der Waals surface area contributed by atoms with Gasteiger partial charge in [-0.3, -0.25) is 9.69 Å². The van der Waals surface area contributed by atoms with E-state index in [0.717, 1.165) is 38.0 Å². The van der Waals surface area contributed by atoms with Crippen LogP contribution in [0.4, 0.5) is 10.2 Å². The summed E-state index contributed by atoms with van der Waals surface area (Å²) in [5, 5.41) is 3.13. The van der Waals surface area contributed by atoms with Gasteiger partial charge in [-0.2, -0.15) is 4.39 Å². The average Bonchev–Trinajstić information content (AvgIpc) is 2.61. The quantitative estimate of drug-likeness (QED) is 0.792. The second kappa shape index (κ2) is 8.07. The summed E-state index contributed by atoms with van der Waals surface area (Å²) in [4.78, 5) is 17.5. The third kappa shape index (κ3) is 5.00. The monoisotopic (exact) mass is 342 g/mol. The van der Waals surface area contributed by atoms with E-state index in [-0.39, 0.29) is 11.8 Å². The number of carbonyl (C=O) groups is 1. The van der Waals surface area contributed by atoms with Gasteiger partial charge in [0.2, 0.25) is 11.9 Å². The number of primary amides is 1. The highest BCUT2D eigenvalue weighted by Gasteiger charge is 2.23. The van der Waals surface area contributed by atoms with E-state index >= 15 is 0 Å². The Hall–Kier alpha value is -2.47. The number of piperidine rings is 1. The summed E-state index contributed by atoms with van der Waals surface area (Å²) in [6, 6.07) is 12.9. The maximum Gasteiger partial charge on any atom is 0.221 e. The standard InChI is InChI=1S/C19H23FN4O/c20-17-7-2-8-18(23-17)22-11-14-4-1-5-15(10-14)12-24-9-3-6-16(13-24)19(21)25/h1-2,4-5,7-8,10,16H,3,6,9,11-13H2,(H2,21,25)(H,22,23)/t16-/m0/s1. The molecule has 5 nitrogen and oxygen atoms in total. The van der Waals surface area contributed by atoms with Crippen LogP contribution in [0.2, 0.25) is 0 Å². The Morgan fingerprint density at radius 2 is 2.08 bits per heavy atom. The molecule has 1 saturated heterocycles. The largest absolute Gasteiger partial charge is 0.369 e. The molecule has 1 aliphatic heterocycles. The maximum atomic E-state index is 13.1. The third-order valence-electron chi connectivity index (χ3n) is 4.49. The van der Waals surface area contributed by atoms with Crippen molar-refractivity contribution in [2.75, 3.05) is 18.4 Å². The number of nitrogens with two attached hydrogens (primary N) is 1. The zero-order valence-electron chi connectivity index (χ0n) is 14.1. The molecule has 0 spiro atoms. The van der Waals surface area contributed by atoms with Gasteiger partial charge in [-0.25, -0.2) is 4.98 Å². The number of rotatable bonds is 6. The molecule has 0 saturated carbocycles. The van der Waals surface area contributed by atoms with Crippen LogP contribution in [0.25, 0.3) is 0 Å². The molecule has 3 N–H and O–H groups in total. The Kier molecular flexibility index (Phi) is 5.60.